The highest BCUT2D eigenvalue weighted by Gasteiger charge is 2.40. The average Bonchev–Trinajstić information content (AvgIpc) is 2.87. The van der Waals surface area contributed by atoms with E-state index in [0.717, 1.165) is 5.56 Å². The van der Waals surface area contributed by atoms with Gasteiger partial charge in [0.1, 0.15) is 6.04 Å². The van der Waals surface area contributed by atoms with E-state index in [4.69, 9.17) is 0 Å². The smallest absolute Gasteiger partial charge is 0.327 e. The minimum Gasteiger partial charge on any atom is -0.480 e. The van der Waals surface area contributed by atoms with Crippen molar-refractivity contribution >= 4 is 28.5 Å². The quantitative estimate of drug-likeness (QED) is 0.828. The first-order valence-corrected chi connectivity index (χ1v) is 8.30. The molecule has 1 aromatic rings. The molecule has 1 N–H and O–H groups in total. The van der Waals surface area contributed by atoms with Crippen LogP contribution in [-0.2, 0) is 22.0 Å². The second-order valence-corrected chi connectivity index (χ2v) is 6.87. The van der Waals surface area contributed by atoms with Crippen LogP contribution in [0.1, 0.15) is 5.56 Å². The van der Waals surface area contributed by atoms with Gasteiger partial charge in [-0.15, -0.1) is 0 Å². The van der Waals surface area contributed by atoms with Crippen molar-refractivity contribution in [2.75, 3.05) is 29.5 Å². The highest BCUT2D eigenvalue weighted by atomic mass is 32.2. The first-order chi connectivity index (χ1) is 10.1. The van der Waals surface area contributed by atoms with Gasteiger partial charge in [-0.2, -0.15) is 0 Å². The molecule has 21 heavy (non-hydrogen) atoms. The van der Waals surface area contributed by atoms with E-state index in [2.05, 4.69) is 0 Å². The maximum Gasteiger partial charge on any atom is 0.327 e. The molecule has 6 nitrogen and oxygen atoms in total. The van der Waals surface area contributed by atoms with E-state index >= 15 is 0 Å². The number of para-hydroxylation sites is 1. The van der Waals surface area contributed by atoms with Crippen molar-refractivity contribution in [3.8, 4) is 0 Å². The van der Waals surface area contributed by atoms with Gasteiger partial charge >= 0.3 is 12.0 Å². The van der Waals surface area contributed by atoms with Crippen LogP contribution in [-0.4, -0.2) is 56.9 Å². The van der Waals surface area contributed by atoms with Crippen LogP contribution in [0.2, 0.25) is 0 Å². The van der Waals surface area contributed by atoms with Crippen LogP contribution in [0.15, 0.2) is 24.3 Å². The minimum atomic E-state index is -1.000. The number of benzene rings is 1. The minimum absolute atomic E-state index is 0.302. The van der Waals surface area contributed by atoms with Crippen molar-refractivity contribution < 1.29 is 18.9 Å². The third kappa shape index (κ3) is 2.53. The summed E-state index contributed by atoms with van der Waals surface area (Å²) < 4.78 is 11.4. The van der Waals surface area contributed by atoms with Crippen molar-refractivity contribution in [2.24, 2.45) is 0 Å². The number of carbonyl (C=O) groups is 2. The third-order valence-corrected chi connectivity index (χ3v) is 5.19. The number of rotatable bonds is 1. The zero-order chi connectivity index (χ0) is 15.0. The number of fused-ring (bicyclic) bond motifs is 1. The summed E-state index contributed by atoms with van der Waals surface area (Å²) >= 11 is 0. The fourth-order valence-corrected chi connectivity index (χ4v) is 3.85. The Morgan fingerprint density at radius 3 is 2.52 bits per heavy atom. The van der Waals surface area contributed by atoms with Crippen molar-refractivity contribution in [3.63, 3.8) is 0 Å². The molecule has 2 aliphatic rings. The van der Waals surface area contributed by atoms with Crippen molar-refractivity contribution in [3.05, 3.63) is 29.8 Å². The highest BCUT2D eigenvalue weighted by Crippen LogP contribution is 2.33. The van der Waals surface area contributed by atoms with Crippen LogP contribution in [0, 0.1) is 0 Å². The Kier molecular flexibility index (Phi) is 3.67. The molecule has 0 saturated carbocycles. The molecule has 2 heterocycles. The first kappa shape index (κ1) is 14.1. The summed E-state index contributed by atoms with van der Waals surface area (Å²) in [4.78, 5) is 27.1. The number of nitrogens with zero attached hydrogens (tertiary/aromatic N) is 2. The van der Waals surface area contributed by atoms with Gasteiger partial charge in [0, 0.05) is 47.5 Å². The third-order valence-electron chi connectivity index (χ3n) is 3.92. The molecule has 1 unspecified atom stereocenters. The van der Waals surface area contributed by atoms with Crippen molar-refractivity contribution in [2.45, 2.75) is 12.5 Å². The van der Waals surface area contributed by atoms with Crippen LogP contribution in [0.5, 0.6) is 0 Å². The van der Waals surface area contributed by atoms with E-state index in [1.165, 1.54) is 4.90 Å². The maximum absolute atomic E-state index is 12.7. The predicted octanol–water partition coefficient (Wildman–Crippen LogP) is 0.687. The van der Waals surface area contributed by atoms with Gasteiger partial charge in [-0.3, -0.25) is 9.11 Å². The molecule has 1 aromatic carbocycles. The fraction of sp³-hybridized carbons (Fsp3) is 0.429. The SMILES string of the molecule is O=C(O)C1Cc2ccccc2N1C(=O)N1CCS(=O)CC1. The molecule has 0 spiro atoms. The van der Waals surface area contributed by atoms with E-state index in [-0.39, 0.29) is 6.03 Å². The second kappa shape index (κ2) is 5.48. The molecule has 1 atom stereocenters. The predicted molar refractivity (Wildman–Crippen MR) is 78.9 cm³/mol. The normalized spacial score (nSPS) is 22.2. The summed E-state index contributed by atoms with van der Waals surface area (Å²) in [6.07, 6.45) is 0.330. The molecule has 2 amide bonds. The van der Waals surface area contributed by atoms with Crippen LogP contribution in [0.4, 0.5) is 10.5 Å². The number of hydrogen-bond acceptors (Lipinski definition) is 3. The zero-order valence-corrected chi connectivity index (χ0v) is 12.2. The van der Waals surface area contributed by atoms with Crippen LogP contribution < -0.4 is 4.90 Å². The molecular formula is C14H16N2O4S. The van der Waals surface area contributed by atoms with Gasteiger partial charge in [-0.05, 0) is 11.6 Å². The van der Waals surface area contributed by atoms with Crippen molar-refractivity contribution in [1.29, 1.82) is 0 Å². The number of urea groups is 1. The van der Waals surface area contributed by atoms with Crippen LogP contribution in [0.3, 0.4) is 0 Å². The number of hydrogen-bond donors (Lipinski definition) is 1. The van der Waals surface area contributed by atoms with E-state index in [1.54, 1.807) is 17.0 Å². The van der Waals surface area contributed by atoms with Gasteiger partial charge in [-0.25, -0.2) is 9.59 Å². The number of carboxylic acids is 1. The number of aliphatic carboxylic acids is 1. The van der Waals surface area contributed by atoms with Crippen molar-refractivity contribution in [1.82, 2.24) is 4.90 Å². The molecule has 7 heteroatoms. The lowest BCUT2D eigenvalue weighted by atomic mass is 10.1. The number of anilines is 1. The summed E-state index contributed by atoms with van der Waals surface area (Å²) in [7, 11) is -0.870. The number of amides is 2. The molecule has 0 aliphatic carbocycles. The summed E-state index contributed by atoms with van der Waals surface area (Å²) in [5.74, 6) is -0.0853. The molecule has 3 rings (SSSR count). The zero-order valence-electron chi connectivity index (χ0n) is 11.4. The summed E-state index contributed by atoms with van der Waals surface area (Å²) in [5.41, 5.74) is 1.54. The summed E-state index contributed by atoms with van der Waals surface area (Å²) in [6.45, 7) is 0.826. The molecule has 112 valence electrons. The number of carbonyl (C=O) groups excluding carboxylic acids is 1. The second-order valence-electron chi connectivity index (χ2n) is 5.17. The fourth-order valence-electron chi connectivity index (χ4n) is 2.80. The monoisotopic (exact) mass is 308 g/mol. The largest absolute Gasteiger partial charge is 0.480 e. The topological polar surface area (TPSA) is 77.9 Å². The lowest BCUT2D eigenvalue weighted by Crippen LogP contribution is -2.53. The Morgan fingerprint density at radius 1 is 1.19 bits per heavy atom. The summed E-state index contributed by atoms with van der Waals surface area (Å²) in [6, 6.07) is 6.11. The Bertz CT molecular complexity index is 609. The Labute approximate surface area is 124 Å². The summed E-state index contributed by atoms with van der Waals surface area (Å²) in [5, 5.41) is 9.38. The van der Waals surface area contributed by atoms with Crippen LogP contribution >= 0.6 is 0 Å². The Morgan fingerprint density at radius 2 is 1.86 bits per heavy atom. The molecule has 1 fully saturated rings. The van der Waals surface area contributed by atoms with Gasteiger partial charge in [0.05, 0.1) is 0 Å². The molecule has 0 bridgehead atoms. The number of carboxylic acid groups (broad SMARTS) is 1. The molecule has 0 radical (unpaired) electrons. The average molecular weight is 308 g/mol. The molecular weight excluding hydrogens is 292 g/mol. The molecule has 1 saturated heterocycles. The lowest BCUT2D eigenvalue weighted by molar-refractivity contribution is -0.138. The van der Waals surface area contributed by atoms with E-state index in [1.807, 2.05) is 12.1 Å². The Balaban J connectivity index is 1.89. The maximum atomic E-state index is 12.7. The van der Waals surface area contributed by atoms with Gasteiger partial charge in [-0.1, -0.05) is 18.2 Å². The molecule has 2 aliphatic heterocycles. The molecule has 0 aromatic heterocycles. The van der Waals surface area contributed by atoms with E-state index in [9.17, 15) is 18.9 Å². The standard InChI is InChI=1S/C14H16N2O4S/c17-13(18)12-9-10-3-1-2-4-11(10)16(12)14(19)15-5-7-21(20)8-6-15/h1-4,12H,5-9H2,(H,17,18). The highest BCUT2D eigenvalue weighted by molar-refractivity contribution is 7.85. The van der Waals surface area contributed by atoms with Gasteiger partial charge < -0.3 is 10.0 Å². The van der Waals surface area contributed by atoms with E-state index < -0.39 is 22.8 Å². The van der Waals surface area contributed by atoms with Crippen LogP contribution in [0.25, 0.3) is 0 Å². The van der Waals surface area contributed by atoms with Gasteiger partial charge in [0.2, 0.25) is 0 Å². The lowest BCUT2D eigenvalue weighted by Gasteiger charge is -2.32. The van der Waals surface area contributed by atoms with E-state index in [0.29, 0.717) is 36.7 Å². The Hall–Kier alpha value is -1.89. The van der Waals surface area contributed by atoms with Gasteiger partial charge in [0.25, 0.3) is 0 Å². The van der Waals surface area contributed by atoms with Gasteiger partial charge in [0.15, 0.2) is 0 Å². The first-order valence-electron chi connectivity index (χ1n) is 6.82.